The van der Waals surface area contributed by atoms with E-state index in [1.54, 1.807) is 0 Å². The van der Waals surface area contributed by atoms with Gasteiger partial charge in [0.2, 0.25) is 0 Å². The number of pyridine rings is 1. The Hall–Kier alpha value is -2.82. The van der Waals surface area contributed by atoms with Crippen LogP contribution in [0.25, 0.3) is 21.3 Å². The number of nitrogens with zero attached hydrogens (tertiary/aromatic N) is 2. The third-order valence-corrected chi connectivity index (χ3v) is 5.59. The van der Waals surface area contributed by atoms with Gasteiger partial charge in [0.05, 0.1) is 21.1 Å². The van der Waals surface area contributed by atoms with Crippen LogP contribution in [0, 0.1) is 0 Å². The molecule has 0 aliphatic carbocycles. The number of fused-ring (bicyclic) bond motifs is 1. The lowest BCUT2D eigenvalue weighted by Crippen LogP contribution is -2.18. The second kappa shape index (κ2) is 7.82. The Labute approximate surface area is 162 Å². The standard InChI is InChI=1S/C23H20N2OS/c1-25(14-18-8-4-7-17-6-2-3-10-21(17)18)15-19-9-5-11-22(24-19)23-13-12-20(16-26)27-23/h2-13,16H,14-15H2,1H3. The summed E-state index contributed by atoms with van der Waals surface area (Å²) in [6.07, 6.45) is 0.885. The number of hydrogen-bond donors (Lipinski definition) is 0. The zero-order valence-corrected chi connectivity index (χ0v) is 15.9. The lowest BCUT2D eigenvalue weighted by molar-refractivity contribution is 0.112. The fourth-order valence-electron chi connectivity index (χ4n) is 3.31. The van der Waals surface area contributed by atoms with E-state index in [9.17, 15) is 4.79 Å². The molecule has 0 spiro atoms. The van der Waals surface area contributed by atoms with Crippen LogP contribution in [0.1, 0.15) is 20.9 Å². The molecule has 0 amide bonds. The van der Waals surface area contributed by atoms with Gasteiger partial charge >= 0.3 is 0 Å². The predicted molar refractivity (Wildman–Crippen MR) is 112 cm³/mol. The number of aromatic nitrogens is 1. The monoisotopic (exact) mass is 372 g/mol. The normalized spacial score (nSPS) is 11.2. The summed E-state index contributed by atoms with van der Waals surface area (Å²) in [7, 11) is 2.12. The molecule has 3 nitrogen and oxygen atoms in total. The molecule has 0 fully saturated rings. The van der Waals surface area contributed by atoms with Crippen LogP contribution >= 0.6 is 11.3 Å². The van der Waals surface area contributed by atoms with Crippen LogP contribution in [0.2, 0.25) is 0 Å². The third-order valence-electron chi connectivity index (χ3n) is 4.55. The molecule has 0 N–H and O–H groups in total. The first-order chi connectivity index (χ1) is 13.2. The van der Waals surface area contributed by atoms with Crippen molar-refractivity contribution in [1.82, 2.24) is 9.88 Å². The van der Waals surface area contributed by atoms with Gasteiger partial charge in [-0.25, -0.2) is 0 Å². The van der Waals surface area contributed by atoms with Crippen LogP contribution < -0.4 is 0 Å². The van der Waals surface area contributed by atoms with Gasteiger partial charge in [-0.3, -0.25) is 14.7 Å². The fraction of sp³-hybridized carbons (Fsp3) is 0.130. The van der Waals surface area contributed by atoms with Gasteiger partial charge < -0.3 is 0 Å². The zero-order valence-electron chi connectivity index (χ0n) is 15.1. The maximum atomic E-state index is 10.9. The largest absolute Gasteiger partial charge is 0.297 e. The van der Waals surface area contributed by atoms with E-state index in [1.165, 1.54) is 27.7 Å². The lowest BCUT2D eigenvalue weighted by Gasteiger charge is -2.18. The average Bonchev–Trinajstić information content (AvgIpc) is 3.18. The van der Waals surface area contributed by atoms with Crippen LogP contribution in [-0.4, -0.2) is 23.2 Å². The van der Waals surface area contributed by atoms with Crippen LogP contribution in [0.4, 0.5) is 0 Å². The number of rotatable bonds is 6. The first-order valence-electron chi connectivity index (χ1n) is 8.89. The Morgan fingerprint density at radius 3 is 2.59 bits per heavy atom. The Morgan fingerprint density at radius 1 is 0.926 bits per heavy atom. The highest BCUT2D eigenvalue weighted by molar-refractivity contribution is 7.17. The summed E-state index contributed by atoms with van der Waals surface area (Å²) >= 11 is 1.47. The summed E-state index contributed by atoms with van der Waals surface area (Å²) in [5, 5.41) is 2.57. The number of benzene rings is 2. The van der Waals surface area contributed by atoms with E-state index in [0.29, 0.717) is 0 Å². The Bertz CT molecular complexity index is 1080. The second-order valence-corrected chi connectivity index (χ2v) is 7.76. The molecule has 0 unspecified atom stereocenters. The van der Waals surface area contributed by atoms with Crippen molar-refractivity contribution >= 4 is 28.4 Å². The topological polar surface area (TPSA) is 33.2 Å². The minimum atomic E-state index is 0.727. The van der Waals surface area contributed by atoms with Crippen molar-refractivity contribution in [3.63, 3.8) is 0 Å². The molecule has 2 heterocycles. The van der Waals surface area contributed by atoms with E-state index in [4.69, 9.17) is 4.98 Å². The number of carbonyl (C=O) groups is 1. The van der Waals surface area contributed by atoms with Gasteiger partial charge in [0.15, 0.2) is 6.29 Å². The van der Waals surface area contributed by atoms with Crippen molar-refractivity contribution in [2.24, 2.45) is 0 Å². The highest BCUT2D eigenvalue weighted by atomic mass is 32.1. The first-order valence-corrected chi connectivity index (χ1v) is 9.71. The predicted octanol–water partition coefficient (Wildman–Crippen LogP) is 5.41. The van der Waals surface area contributed by atoms with E-state index in [0.717, 1.165) is 40.5 Å². The second-order valence-electron chi connectivity index (χ2n) is 6.64. The van der Waals surface area contributed by atoms with E-state index in [1.807, 2.05) is 24.3 Å². The molecule has 0 saturated heterocycles. The van der Waals surface area contributed by atoms with E-state index in [-0.39, 0.29) is 0 Å². The molecule has 0 saturated carbocycles. The molecule has 134 valence electrons. The Balaban J connectivity index is 1.52. The minimum absolute atomic E-state index is 0.727. The molecule has 2 aromatic heterocycles. The average molecular weight is 372 g/mol. The van der Waals surface area contributed by atoms with Gasteiger partial charge in [-0.1, -0.05) is 48.5 Å². The highest BCUT2D eigenvalue weighted by Crippen LogP contribution is 2.26. The van der Waals surface area contributed by atoms with Crippen LogP contribution in [-0.2, 0) is 13.1 Å². The Morgan fingerprint density at radius 2 is 1.74 bits per heavy atom. The molecule has 4 aromatic rings. The molecule has 4 heteroatoms. The molecule has 0 aliphatic heterocycles. The summed E-state index contributed by atoms with van der Waals surface area (Å²) in [6.45, 7) is 1.63. The number of carbonyl (C=O) groups excluding carboxylic acids is 1. The lowest BCUT2D eigenvalue weighted by atomic mass is 10.0. The molecule has 4 rings (SSSR count). The van der Waals surface area contributed by atoms with Crippen molar-refractivity contribution < 1.29 is 4.79 Å². The zero-order chi connectivity index (χ0) is 18.6. The van der Waals surface area contributed by atoms with Crippen molar-refractivity contribution in [1.29, 1.82) is 0 Å². The smallest absolute Gasteiger partial charge is 0.160 e. The van der Waals surface area contributed by atoms with Gasteiger partial charge in [-0.2, -0.15) is 0 Å². The van der Waals surface area contributed by atoms with Gasteiger partial charge in [0.1, 0.15) is 0 Å². The first kappa shape index (κ1) is 17.6. The SMILES string of the molecule is CN(Cc1cccc(-c2ccc(C=O)s2)n1)Cc1cccc2ccccc12. The van der Waals surface area contributed by atoms with Crippen molar-refractivity contribution in [2.45, 2.75) is 13.1 Å². The third kappa shape index (κ3) is 3.97. The molecule has 0 bridgehead atoms. The van der Waals surface area contributed by atoms with Crippen molar-refractivity contribution in [3.05, 3.63) is 88.9 Å². The molecular formula is C23H20N2OS. The summed E-state index contributed by atoms with van der Waals surface area (Å²) in [5.74, 6) is 0. The van der Waals surface area contributed by atoms with Crippen LogP contribution in [0.15, 0.2) is 72.8 Å². The van der Waals surface area contributed by atoms with E-state index < -0.39 is 0 Å². The van der Waals surface area contributed by atoms with Gasteiger partial charge in [-0.15, -0.1) is 11.3 Å². The van der Waals surface area contributed by atoms with Crippen molar-refractivity contribution in [2.75, 3.05) is 7.05 Å². The summed E-state index contributed by atoms with van der Waals surface area (Å²) in [5.41, 5.74) is 3.26. The number of hydrogen-bond acceptors (Lipinski definition) is 4. The minimum Gasteiger partial charge on any atom is -0.297 e. The van der Waals surface area contributed by atoms with Crippen LogP contribution in [0.5, 0.6) is 0 Å². The Kier molecular flexibility index (Phi) is 5.10. The van der Waals surface area contributed by atoms with Gasteiger partial charge in [-0.05, 0) is 47.6 Å². The number of aldehydes is 1. The highest BCUT2D eigenvalue weighted by Gasteiger charge is 2.08. The van der Waals surface area contributed by atoms with Gasteiger partial charge in [0, 0.05) is 13.1 Å². The fourth-order valence-corrected chi connectivity index (χ4v) is 4.10. The maximum Gasteiger partial charge on any atom is 0.160 e. The quantitative estimate of drug-likeness (QED) is 0.424. The summed E-state index contributed by atoms with van der Waals surface area (Å²) < 4.78 is 0. The number of thiophene rings is 1. The van der Waals surface area contributed by atoms with Gasteiger partial charge in [0.25, 0.3) is 0 Å². The maximum absolute atomic E-state index is 10.9. The molecule has 0 atom stereocenters. The summed E-state index contributed by atoms with van der Waals surface area (Å²) in [6, 6.07) is 24.8. The molecule has 2 aromatic carbocycles. The van der Waals surface area contributed by atoms with Crippen molar-refractivity contribution in [3.8, 4) is 10.6 Å². The van der Waals surface area contributed by atoms with E-state index in [2.05, 4.69) is 60.5 Å². The molecule has 0 radical (unpaired) electrons. The van der Waals surface area contributed by atoms with E-state index >= 15 is 0 Å². The molecule has 0 aliphatic rings. The van der Waals surface area contributed by atoms with Crippen LogP contribution in [0.3, 0.4) is 0 Å². The summed E-state index contributed by atoms with van der Waals surface area (Å²) in [4.78, 5) is 19.7. The molecular weight excluding hydrogens is 352 g/mol. The molecule has 27 heavy (non-hydrogen) atoms.